The molecule has 8 nitrogen and oxygen atoms in total. The van der Waals surface area contributed by atoms with Gasteiger partial charge in [-0.15, -0.1) is 0 Å². The van der Waals surface area contributed by atoms with E-state index in [1.54, 1.807) is 24.7 Å². The molecule has 2 N–H and O–H groups in total. The zero-order valence-corrected chi connectivity index (χ0v) is 10.7. The number of carboxylic acids is 1. The summed E-state index contributed by atoms with van der Waals surface area (Å²) < 4.78 is 2.91. The van der Waals surface area contributed by atoms with Gasteiger partial charge in [-0.3, -0.25) is 4.79 Å². The molecule has 0 fully saturated rings. The predicted molar refractivity (Wildman–Crippen MR) is 66.1 cm³/mol. The molecule has 100 valence electrons. The Kier molecular flexibility index (Phi) is 3.07. The fraction of sp³-hybridized carbons (Fsp3) is 0.273. The molecule has 0 atom stereocenters. The molecule has 2 heterocycles. The number of aromatic nitrogens is 4. The van der Waals surface area contributed by atoms with Gasteiger partial charge < -0.3 is 19.6 Å². The van der Waals surface area contributed by atoms with Gasteiger partial charge in [0.1, 0.15) is 0 Å². The van der Waals surface area contributed by atoms with E-state index < -0.39 is 11.9 Å². The average molecular weight is 263 g/mol. The van der Waals surface area contributed by atoms with Crippen LogP contribution in [-0.2, 0) is 14.1 Å². The van der Waals surface area contributed by atoms with Crippen LogP contribution in [0, 0.1) is 6.92 Å². The molecule has 2 aromatic heterocycles. The van der Waals surface area contributed by atoms with Gasteiger partial charge in [0.05, 0.1) is 5.69 Å². The summed E-state index contributed by atoms with van der Waals surface area (Å²) in [6, 6.07) is 0. The van der Waals surface area contributed by atoms with Crippen LogP contribution in [0.15, 0.2) is 12.4 Å². The number of imidazole rings is 2. The smallest absolute Gasteiger partial charge is 0.372 e. The Bertz CT molecular complexity index is 655. The Balaban J connectivity index is 2.22. The highest BCUT2D eigenvalue weighted by atomic mass is 16.4. The van der Waals surface area contributed by atoms with Gasteiger partial charge in [0, 0.05) is 26.5 Å². The second kappa shape index (κ2) is 4.56. The SMILES string of the molecule is Cc1cn(C)c(C(=O)Nc2cn(C)c(C(=O)O)n2)n1. The number of amides is 1. The molecule has 0 radical (unpaired) electrons. The fourth-order valence-electron chi connectivity index (χ4n) is 1.72. The van der Waals surface area contributed by atoms with E-state index in [0.717, 1.165) is 5.69 Å². The van der Waals surface area contributed by atoms with Gasteiger partial charge in [0.15, 0.2) is 11.6 Å². The lowest BCUT2D eigenvalue weighted by molar-refractivity contribution is 0.0679. The van der Waals surface area contributed by atoms with Crippen molar-refractivity contribution < 1.29 is 14.7 Å². The second-order valence-corrected chi connectivity index (χ2v) is 4.14. The molecular weight excluding hydrogens is 250 g/mol. The molecule has 0 saturated carbocycles. The normalized spacial score (nSPS) is 10.5. The lowest BCUT2D eigenvalue weighted by Gasteiger charge is -2.00. The van der Waals surface area contributed by atoms with E-state index in [2.05, 4.69) is 15.3 Å². The maximum Gasteiger partial charge on any atom is 0.372 e. The second-order valence-electron chi connectivity index (χ2n) is 4.14. The largest absolute Gasteiger partial charge is 0.475 e. The van der Waals surface area contributed by atoms with Gasteiger partial charge in [0.2, 0.25) is 5.82 Å². The van der Waals surface area contributed by atoms with Crippen LogP contribution in [0.2, 0.25) is 0 Å². The van der Waals surface area contributed by atoms with E-state index >= 15 is 0 Å². The molecule has 2 aromatic rings. The fourth-order valence-corrected chi connectivity index (χ4v) is 1.72. The van der Waals surface area contributed by atoms with E-state index in [4.69, 9.17) is 5.11 Å². The molecule has 0 aromatic carbocycles. The monoisotopic (exact) mass is 263 g/mol. The molecule has 0 aliphatic carbocycles. The Morgan fingerprint density at radius 2 is 1.79 bits per heavy atom. The van der Waals surface area contributed by atoms with Crippen molar-refractivity contribution in [3.05, 3.63) is 29.7 Å². The van der Waals surface area contributed by atoms with Crippen LogP contribution in [0.1, 0.15) is 26.9 Å². The molecule has 0 aliphatic rings. The maximum absolute atomic E-state index is 11.9. The number of anilines is 1. The Hall–Kier alpha value is -2.64. The first-order valence-electron chi connectivity index (χ1n) is 5.46. The number of carbonyl (C=O) groups excluding carboxylic acids is 1. The minimum Gasteiger partial charge on any atom is -0.475 e. The molecule has 2 rings (SSSR count). The number of carboxylic acid groups (broad SMARTS) is 1. The minimum absolute atomic E-state index is 0.147. The van der Waals surface area contributed by atoms with E-state index in [0.29, 0.717) is 0 Å². The van der Waals surface area contributed by atoms with Crippen LogP contribution >= 0.6 is 0 Å². The van der Waals surface area contributed by atoms with E-state index in [1.807, 2.05) is 0 Å². The van der Waals surface area contributed by atoms with Gasteiger partial charge in [-0.1, -0.05) is 0 Å². The number of nitrogens with one attached hydrogen (secondary N) is 1. The summed E-state index contributed by atoms with van der Waals surface area (Å²) in [5, 5.41) is 11.4. The van der Waals surface area contributed by atoms with Crippen molar-refractivity contribution in [2.24, 2.45) is 14.1 Å². The number of aryl methyl sites for hydroxylation is 3. The summed E-state index contributed by atoms with van der Waals surface area (Å²) in [4.78, 5) is 30.7. The number of aromatic carboxylic acids is 1. The number of carbonyl (C=O) groups is 2. The van der Waals surface area contributed by atoms with Crippen LogP contribution in [0.25, 0.3) is 0 Å². The Labute approximate surface area is 108 Å². The molecule has 0 saturated heterocycles. The Morgan fingerprint density at radius 3 is 2.26 bits per heavy atom. The predicted octanol–water partition coefficient (Wildman–Crippen LogP) is 0.413. The molecule has 0 bridgehead atoms. The van der Waals surface area contributed by atoms with Crippen molar-refractivity contribution >= 4 is 17.7 Å². The first-order chi connectivity index (χ1) is 8.88. The van der Waals surface area contributed by atoms with Crippen molar-refractivity contribution in [1.29, 1.82) is 0 Å². The average Bonchev–Trinajstić information content (AvgIpc) is 2.81. The summed E-state index contributed by atoms with van der Waals surface area (Å²) >= 11 is 0. The first kappa shape index (κ1) is 12.8. The van der Waals surface area contributed by atoms with Gasteiger partial charge >= 0.3 is 5.97 Å². The van der Waals surface area contributed by atoms with Crippen LogP contribution in [0.4, 0.5) is 5.82 Å². The van der Waals surface area contributed by atoms with Crippen molar-refractivity contribution in [3.8, 4) is 0 Å². The van der Waals surface area contributed by atoms with Crippen molar-refractivity contribution in [2.45, 2.75) is 6.92 Å². The zero-order valence-electron chi connectivity index (χ0n) is 10.7. The topological polar surface area (TPSA) is 102 Å². The number of nitrogens with zero attached hydrogens (tertiary/aromatic N) is 4. The zero-order chi connectivity index (χ0) is 14.2. The van der Waals surface area contributed by atoms with Gasteiger partial charge in [0.25, 0.3) is 5.91 Å². The third kappa shape index (κ3) is 2.46. The minimum atomic E-state index is -1.16. The van der Waals surface area contributed by atoms with Crippen LogP contribution in [0.3, 0.4) is 0 Å². The van der Waals surface area contributed by atoms with Gasteiger partial charge in [-0.2, -0.15) is 0 Å². The Morgan fingerprint density at radius 1 is 1.16 bits per heavy atom. The summed E-state index contributed by atoms with van der Waals surface area (Å²) in [5.41, 5.74) is 0.722. The quantitative estimate of drug-likeness (QED) is 0.835. The van der Waals surface area contributed by atoms with Crippen LogP contribution < -0.4 is 5.32 Å². The van der Waals surface area contributed by atoms with E-state index in [-0.39, 0.29) is 17.5 Å². The molecule has 0 spiro atoms. The van der Waals surface area contributed by atoms with Crippen LogP contribution in [-0.4, -0.2) is 36.1 Å². The first-order valence-corrected chi connectivity index (χ1v) is 5.46. The van der Waals surface area contributed by atoms with Crippen LogP contribution in [0.5, 0.6) is 0 Å². The third-order valence-electron chi connectivity index (χ3n) is 2.51. The standard InChI is InChI=1S/C11H13N5O3/c1-6-4-15(2)8(12-6)10(17)14-7-5-16(3)9(13-7)11(18)19/h4-5H,1-3H3,(H,14,17)(H,18,19). The summed E-state index contributed by atoms with van der Waals surface area (Å²) in [6.45, 7) is 1.78. The number of hydrogen-bond donors (Lipinski definition) is 2. The highest BCUT2D eigenvalue weighted by Crippen LogP contribution is 2.09. The van der Waals surface area contributed by atoms with Crippen molar-refractivity contribution in [3.63, 3.8) is 0 Å². The number of rotatable bonds is 3. The summed E-state index contributed by atoms with van der Waals surface area (Å²) in [7, 11) is 3.24. The van der Waals surface area contributed by atoms with E-state index in [9.17, 15) is 9.59 Å². The van der Waals surface area contributed by atoms with Crippen molar-refractivity contribution in [2.75, 3.05) is 5.32 Å². The lowest BCUT2D eigenvalue weighted by atomic mass is 10.5. The third-order valence-corrected chi connectivity index (χ3v) is 2.51. The molecule has 0 aliphatic heterocycles. The highest BCUT2D eigenvalue weighted by molar-refractivity contribution is 6.01. The van der Waals surface area contributed by atoms with Gasteiger partial charge in [-0.05, 0) is 6.92 Å². The number of hydrogen-bond acceptors (Lipinski definition) is 4. The summed E-state index contributed by atoms with van der Waals surface area (Å²) in [5.74, 6) is -1.33. The molecule has 1 amide bonds. The highest BCUT2D eigenvalue weighted by Gasteiger charge is 2.17. The van der Waals surface area contributed by atoms with Gasteiger partial charge in [-0.25, -0.2) is 14.8 Å². The molecular formula is C11H13N5O3. The molecule has 19 heavy (non-hydrogen) atoms. The molecule has 0 unspecified atom stereocenters. The summed E-state index contributed by atoms with van der Waals surface area (Å²) in [6.07, 6.45) is 3.15. The lowest BCUT2D eigenvalue weighted by Crippen LogP contribution is -2.17. The molecule has 8 heteroatoms. The van der Waals surface area contributed by atoms with E-state index in [1.165, 1.54) is 17.8 Å². The van der Waals surface area contributed by atoms with Crippen molar-refractivity contribution in [1.82, 2.24) is 19.1 Å². The maximum atomic E-state index is 11.9.